The molecule has 1 amide bonds. The van der Waals surface area contributed by atoms with Crippen molar-refractivity contribution in [2.45, 2.75) is 39.4 Å². The Morgan fingerprint density at radius 3 is 2.48 bits per heavy atom. The van der Waals surface area contributed by atoms with Crippen molar-refractivity contribution in [3.05, 3.63) is 63.4 Å². The van der Waals surface area contributed by atoms with Gasteiger partial charge in [-0.15, -0.1) is 0 Å². The van der Waals surface area contributed by atoms with Crippen LogP contribution in [0.15, 0.2) is 36.4 Å². The van der Waals surface area contributed by atoms with Gasteiger partial charge in [-0.05, 0) is 56.2 Å². The summed E-state index contributed by atoms with van der Waals surface area (Å²) in [5.41, 5.74) is 1.79. The second-order valence-corrected chi connectivity index (χ2v) is 8.36. The van der Waals surface area contributed by atoms with Crippen molar-refractivity contribution in [2.75, 3.05) is 19.7 Å². The van der Waals surface area contributed by atoms with E-state index in [9.17, 15) is 9.18 Å². The summed E-state index contributed by atoms with van der Waals surface area (Å²) in [7, 11) is 0. The van der Waals surface area contributed by atoms with E-state index in [0.717, 1.165) is 24.2 Å². The fourth-order valence-electron chi connectivity index (χ4n) is 3.56. The van der Waals surface area contributed by atoms with E-state index in [1.165, 1.54) is 12.1 Å². The molecule has 2 aromatic rings. The second-order valence-electron chi connectivity index (χ2n) is 7.57. The van der Waals surface area contributed by atoms with E-state index in [1.807, 2.05) is 18.7 Å². The summed E-state index contributed by atoms with van der Waals surface area (Å²) in [6.45, 7) is 7.93. The number of carbonyl (C=O) groups excluding carboxylic acids is 1. The predicted molar refractivity (Wildman–Crippen MR) is 114 cm³/mol. The Labute approximate surface area is 181 Å². The van der Waals surface area contributed by atoms with Crippen molar-refractivity contribution < 1.29 is 13.9 Å². The van der Waals surface area contributed by atoms with Gasteiger partial charge >= 0.3 is 0 Å². The van der Waals surface area contributed by atoms with Crippen molar-refractivity contribution >= 4 is 29.1 Å². The lowest BCUT2D eigenvalue weighted by molar-refractivity contribution is -0.139. The maximum absolute atomic E-state index is 13.1. The van der Waals surface area contributed by atoms with Gasteiger partial charge in [0.2, 0.25) is 0 Å². The largest absolute Gasteiger partial charge is 0.482 e. The zero-order valence-corrected chi connectivity index (χ0v) is 18.3. The highest BCUT2D eigenvalue weighted by Gasteiger charge is 2.32. The number of hydrogen-bond donors (Lipinski definition) is 0. The third-order valence-corrected chi connectivity index (χ3v) is 6.25. The number of halogens is 3. The van der Waals surface area contributed by atoms with Crippen LogP contribution in [0.1, 0.15) is 25.0 Å². The van der Waals surface area contributed by atoms with Gasteiger partial charge in [0.05, 0.1) is 5.02 Å². The fraction of sp³-hybridized carbons (Fsp3) is 0.409. The molecule has 0 unspecified atom stereocenters. The van der Waals surface area contributed by atoms with Crippen molar-refractivity contribution in [1.29, 1.82) is 0 Å². The van der Waals surface area contributed by atoms with Crippen LogP contribution in [-0.2, 0) is 11.3 Å². The molecule has 1 fully saturated rings. The highest BCUT2D eigenvalue weighted by atomic mass is 35.5. The Kier molecular flexibility index (Phi) is 7.04. The molecule has 29 heavy (non-hydrogen) atoms. The lowest BCUT2D eigenvalue weighted by Gasteiger charge is -2.44. The number of benzene rings is 2. The molecule has 156 valence electrons. The van der Waals surface area contributed by atoms with E-state index >= 15 is 0 Å². The number of amides is 1. The van der Waals surface area contributed by atoms with E-state index in [0.29, 0.717) is 22.3 Å². The van der Waals surface area contributed by atoms with Gasteiger partial charge in [-0.1, -0.05) is 35.3 Å². The monoisotopic (exact) mass is 438 g/mol. The maximum Gasteiger partial charge on any atom is 0.260 e. The van der Waals surface area contributed by atoms with E-state index < -0.39 is 0 Å². The normalized spacial score (nSPS) is 20.0. The second kappa shape index (κ2) is 9.33. The van der Waals surface area contributed by atoms with Crippen LogP contribution in [-0.4, -0.2) is 47.5 Å². The molecule has 3 rings (SSSR count). The molecule has 2 aromatic carbocycles. The highest BCUT2D eigenvalue weighted by molar-refractivity contribution is 6.36. The molecule has 0 saturated carbocycles. The van der Waals surface area contributed by atoms with Crippen molar-refractivity contribution in [3.8, 4) is 5.75 Å². The Hall–Kier alpha value is -1.82. The number of hydrogen-bond acceptors (Lipinski definition) is 3. The zero-order valence-electron chi connectivity index (χ0n) is 16.8. The third-order valence-electron chi connectivity index (χ3n) is 5.37. The summed E-state index contributed by atoms with van der Waals surface area (Å²) >= 11 is 12.3. The first-order valence-electron chi connectivity index (χ1n) is 9.61. The minimum Gasteiger partial charge on any atom is -0.482 e. The molecule has 0 aromatic heterocycles. The molecule has 0 aliphatic carbocycles. The van der Waals surface area contributed by atoms with Gasteiger partial charge < -0.3 is 9.64 Å². The van der Waals surface area contributed by atoms with Crippen LogP contribution in [0.25, 0.3) is 0 Å². The van der Waals surface area contributed by atoms with E-state index in [2.05, 4.69) is 11.8 Å². The summed E-state index contributed by atoms with van der Waals surface area (Å²) < 4.78 is 18.8. The molecule has 0 radical (unpaired) electrons. The van der Waals surface area contributed by atoms with Gasteiger partial charge in [-0.25, -0.2) is 4.39 Å². The molecule has 0 spiro atoms. The fourth-order valence-corrected chi connectivity index (χ4v) is 3.99. The van der Waals surface area contributed by atoms with Crippen molar-refractivity contribution in [2.24, 2.45) is 0 Å². The van der Waals surface area contributed by atoms with E-state index in [-0.39, 0.29) is 30.4 Å². The summed E-state index contributed by atoms with van der Waals surface area (Å²) in [5.74, 6) is 0.147. The average Bonchev–Trinajstić information content (AvgIpc) is 2.69. The average molecular weight is 439 g/mol. The summed E-state index contributed by atoms with van der Waals surface area (Å²) in [4.78, 5) is 16.9. The van der Waals surface area contributed by atoms with Gasteiger partial charge in [-0.3, -0.25) is 9.69 Å². The SMILES string of the molecule is Cc1c(Cl)ccc(OCC(=O)N2C[C@H](C)N(Cc3ccc(F)cc3)C[C@H]2C)c1Cl. The number of rotatable bonds is 5. The van der Waals surface area contributed by atoms with Crippen LogP contribution < -0.4 is 4.74 Å². The third kappa shape index (κ3) is 5.21. The van der Waals surface area contributed by atoms with Gasteiger partial charge in [0.15, 0.2) is 6.61 Å². The number of nitrogens with zero attached hydrogens (tertiary/aromatic N) is 2. The Morgan fingerprint density at radius 1 is 1.10 bits per heavy atom. The molecule has 1 saturated heterocycles. The van der Waals surface area contributed by atoms with E-state index in [1.54, 1.807) is 24.3 Å². The zero-order chi connectivity index (χ0) is 21.1. The first kappa shape index (κ1) is 21.9. The van der Waals surface area contributed by atoms with Gasteiger partial charge in [0.25, 0.3) is 5.91 Å². The number of piperazine rings is 1. The minimum absolute atomic E-state index is 0.0465. The number of carbonyl (C=O) groups is 1. The van der Waals surface area contributed by atoms with Crippen LogP contribution in [0.5, 0.6) is 5.75 Å². The molecule has 2 atom stereocenters. The Bertz CT molecular complexity index is 876. The summed E-state index contributed by atoms with van der Waals surface area (Å²) in [6, 6.07) is 10.2. The predicted octanol–water partition coefficient (Wildman–Crippen LogP) is 4.94. The molecule has 7 heteroatoms. The molecule has 1 aliphatic heterocycles. The van der Waals surface area contributed by atoms with Crippen LogP contribution >= 0.6 is 23.2 Å². The lowest BCUT2D eigenvalue weighted by Crippen LogP contribution is -2.58. The first-order chi connectivity index (χ1) is 13.8. The molecular formula is C22H25Cl2FN2O2. The van der Waals surface area contributed by atoms with Crippen LogP contribution in [0.3, 0.4) is 0 Å². The standard InChI is InChI=1S/C22H25Cl2FN2O2/c1-14-11-27(15(2)10-26(14)12-17-4-6-18(25)7-5-17)21(28)13-29-20-9-8-19(23)16(3)22(20)24/h4-9,14-15H,10-13H2,1-3H3/t14-,15+/m0/s1. The highest BCUT2D eigenvalue weighted by Crippen LogP contribution is 2.32. The Morgan fingerprint density at radius 2 is 1.79 bits per heavy atom. The Balaban J connectivity index is 1.58. The van der Waals surface area contributed by atoms with Gasteiger partial charge in [0.1, 0.15) is 11.6 Å². The molecule has 0 N–H and O–H groups in total. The number of ether oxygens (including phenoxy) is 1. The summed E-state index contributed by atoms with van der Waals surface area (Å²) in [6.07, 6.45) is 0. The maximum atomic E-state index is 13.1. The van der Waals surface area contributed by atoms with Crippen molar-refractivity contribution in [1.82, 2.24) is 9.80 Å². The van der Waals surface area contributed by atoms with E-state index in [4.69, 9.17) is 27.9 Å². The quantitative estimate of drug-likeness (QED) is 0.662. The van der Waals surface area contributed by atoms with Crippen LogP contribution in [0, 0.1) is 12.7 Å². The van der Waals surface area contributed by atoms with Crippen molar-refractivity contribution in [3.63, 3.8) is 0 Å². The molecule has 0 bridgehead atoms. The van der Waals surface area contributed by atoms with Gasteiger partial charge in [-0.2, -0.15) is 0 Å². The topological polar surface area (TPSA) is 32.8 Å². The van der Waals surface area contributed by atoms with Crippen LogP contribution in [0.2, 0.25) is 10.0 Å². The molecular weight excluding hydrogens is 414 g/mol. The minimum atomic E-state index is -0.235. The summed E-state index contributed by atoms with van der Waals surface area (Å²) in [5, 5.41) is 0.990. The molecule has 4 nitrogen and oxygen atoms in total. The van der Waals surface area contributed by atoms with Gasteiger partial charge in [0, 0.05) is 36.7 Å². The smallest absolute Gasteiger partial charge is 0.260 e. The first-order valence-corrected chi connectivity index (χ1v) is 10.4. The molecule has 1 aliphatic rings. The lowest BCUT2D eigenvalue weighted by atomic mass is 10.1. The molecule has 1 heterocycles. The van der Waals surface area contributed by atoms with Crippen LogP contribution in [0.4, 0.5) is 4.39 Å².